The minimum Gasteiger partial charge on any atom is -0.459 e. The second-order valence-electron chi connectivity index (χ2n) is 8.63. The molecular formula is C28H27ClN4OS. The van der Waals surface area contributed by atoms with Crippen LogP contribution in [0.4, 0.5) is 5.69 Å². The van der Waals surface area contributed by atoms with Crippen molar-refractivity contribution < 1.29 is 4.42 Å². The fourth-order valence-electron chi connectivity index (χ4n) is 4.41. The van der Waals surface area contributed by atoms with Gasteiger partial charge in [-0.2, -0.15) is 0 Å². The van der Waals surface area contributed by atoms with Gasteiger partial charge in [0.2, 0.25) is 0 Å². The van der Waals surface area contributed by atoms with E-state index >= 15 is 0 Å². The van der Waals surface area contributed by atoms with Gasteiger partial charge in [-0.05, 0) is 73.6 Å². The second-order valence-corrected chi connectivity index (χ2v) is 9.43. The first-order valence-corrected chi connectivity index (χ1v) is 12.5. The number of nitrogens with one attached hydrogen (secondary N) is 2. The van der Waals surface area contributed by atoms with E-state index in [9.17, 15) is 0 Å². The first kappa shape index (κ1) is 23.4. The summed E-state index contributed by atoms with van der Waals surface area (Å²) in [4.78, 5) is 6.82. The predicted molar refractivity (Wildman–Crippen MR) is 146 cm³/mol. The molecule has 2 aromatic carbocycles. The van der Waals surface area contributed by atoms with Crippen LogP contribution in [0.3, 0.4) is 0 Å². The Morgan fingerprint density at radius 1 is 1.06 bits per heavy atom. The van der Waals surface area contributed by atoms with Crippen LogP contribution in [0.25, 0.3) is 11.3 Å². The van der Waals surface area contributed by atoms with Gasteiger partial charge < -0.3 is 20.0 Å². The van der Waals surface area contributed by atoms with Crippen molar-refractivity contribution in [2.45, 2.75) is 25.4 Å². The van der Waals surface area contributed by atoms with Crippen LogP contribution in [0, 0.1) is 6.92 Å². The number of hydrogen-bond acceptors (Lipinski definition) is 4. The third kappa shape index (κ3) is 5.19. The summed E-state index contributed by atoms with van der Waals surface area (Å²) in [6.45, 7) is 3.62. The molecule has 5 nitrogen and oxygen atoms in total. The molecular weight excluding hydrogens is 476 g/mol. The summed E-state index contributed by atoms with van der Waals surface area (Å²) in [5, 5.41) is 8.40. The third-order valence-electron chi connectivity index (χ3n) is 6.25. The molecule has 1 aliphatic rings. The normalized spacial score (nSPS) is 17.4. The highest BCUT2D eigenvalue weighted by atomic mass is 35.5. The molecule has 5 rings (SSSR count). The summed E-state index contributed by atoms with van der Waals surface area (Å²) in [7, 11) is 0. The van der Waals surface area contributed by atoms with E-state index in [1.807, 2.05) is 79.9 Å². The van der Waals surface area contributed by atoms with Gasteiger partial charge in [-0.15, -0.1) is 0 Å². The van der Waals surface area contributed by atoms with Gasteiger partial charge in [-0.3, -0.25) is 4.98 Å². The van der Waals surface area contributed by atoms with Crippen LogP contribution in [0.5, 0.6) is 0 Å². The lowest BCUT2D eigenvalue weighted by Gasteiger charge is -2.26. The number of para-hydroxylation sites is 1. The number of thiocarbonyl (C=S) groups is 1. The molecule has 2 aromatic heterocycles. The van der Waals surface area contributed by atoms with Gasteiger partial charge in [-0.25, -0.2) is 0 Å². The Morgan fingerprint density at radius 2 is 1.89 bits per heavy atom. The number of aryl methyl sites for hydroxylation is 1. The van der Waals surface area contributed by atoms with E-state index in [1.165, 1.54) is 0 Å². The van der Waals surface area contributed by atoms with E-state index in [-0.39, 0.29) is 12.1 Å². The van der Waals surface area contributed by atoms with Crippen molar-refractivity contribution in [3.63, 3.8) is 0 Å². The molecule has 2 N–H and O–H groups in total. The zero-order valence-corrected chi connectivity index (χ0v) is 21.0. The molecule has 1 fully saturated rings. The fourth-order valence-corrected chi connectivity index (χ4v) is 4.92. The number of anilines is 1. The van der Waals surface area contributed by atoms with Gasteiger partial charge in [0.1, 0.15) is 17.6 Å². The maximum absolute atomic E-state index is 6.41. The zero-order valence-electron chi connectivity index (χ0n) is 19.4. The first-order chi connectivity index (χ1) is 17.1. The topological polar surface area (TPSA) is 53.3 Å². The Hall–Kier alpha value is -3.35. The van der Waals surface area contributed by atoms with E-state index < -0.39 is 0 Å². The SMILES string of the molecule is Cc1ccc(-c2ccc([C@H]3[C@@H](c4ccccn4)NC(=S)N3CCCNc3ccccc3)o2)cc1Cl. The highest BCUT2D eigenvalue weighted by molar-refractivity contribution is 7.80. The van der Waals surface area contributed by atoms with Gasteiger partial charge in [0, 0.05) is 35.6 Å². The van der Waals surface area contributed by atoms with Crippen molar-refractivity contribution in [1.82, 2.24) is 15.2 Å². The van der Waals surface area contributed by atoms with Crippen molar-refractivity contribution in [3.05, 3.63) is 107 Å². The van der Waals surface area contributed by atoms with Crippen LogP contribution in [0.2, 0.25) is 5.02 Å². The average Bonchev–Trinajstić information content (AvgIpc) is 3.49. The zero-order chi connectivity index (χ0) is 24.2. The van der Waals surface area contributed by atoms with Gasteiger partial charge in [-0.1, -0.05) is 48.0 Å². The molecule has 0 bridgehead atoms. The van der Waals surface area contributed by atoms with E-state index in [2.05, 4.69) is 32.7 Å². The number of rotatable bonds is 8. The molecule has 4 aromatic rings. The van der Waals surface area contributed by atoms with Crippen molar-refractivity contribution in [2.75, 3.05) is 18.4 Å². The van der Waals surface area contributed by atoms with E-state index in [0.717, 1.165) is 58.6 Å². The highest BCUT2D eigenvalue weighted by Gasteiger charge is 2.41. The largest absolute Gasteiger partial charge is 0.459 e. The number of nitrogens with zero attached hydrogens (tertiary/aromatic N) is 2. The van der Waals surface area contributed by atoms with Crippen LogP contribution >= 0.6 is 23.8 Å². The van der Waals surface area contributed by atoms with Gasteiger partial charge in [0.15, 0.2) is 5.11 Å². The van der Waals surface area contributed by atoms with Crippen molar-refractivity contribution >= 4 is 34.6 Å². The maximum Gasteiger partial charge on any atom is 0.170 e. The van der Waals surface area contributed by atoms with Gasteiger partial charge in [0.25, 0.3) is 0 Å². The van der Waals surface area contributed by atoms with Gasteiger partial charge in [0.05, 0.1) is 11.7 Å². The Morgan fingerprint density at radius 3 is 2.66 bits per heavy atom. The number of aromatic nitrogens is 1. The summed E-state index contributed by atoms with van der Waals surface area (Å²) in [6.07, 6.45) is 2.73. The molecule has 0 saturated carbocycles. The highest BCUT2D eigenvalue weighted by Crippen LogP contribution is 2.40. The molecule has 3 heterocycles. The summed E-state index contributed by atoms with van der Waals surface area (Å²) in [5.41, 5.74) is 4.04. The molecule has 0 radical (unpaired) electrons. The molecule has 35 heavy (non-hydrogen) atoms. The molecule has 1 saturated heterocycles. The molecule has 178 valence electrons. The van der Waals surface area contributed by atoms with Crippen molar-refractivity contribution in [2.24, 2.45) is 0 Å². The Balaban J connectivity index is 1.39. The van der Waals surface area contributed by atoms with Crippen LogP contribution in [-0.2, 0) is 0 Å². The lowest BCUT2D eigenvalue weighted by Crippen LogP contribution is -2.31. The van der Waals surface area contributed by atoms with Crippen LogP contribution in [0.15, 0.2) is 89.5 Å². The van der Waals surface area contributed by atoms with E-state index in [1.54, 1.807) is 0 Å². The monoisotopic (exact) mass is 502 g/mol. The van der Waals surface area contributed by atoms with Crippen LogP contribution < -0.4 is 10.6 Å². The first-order valence-electron chi connectivity index (χ1n) is 11.7. The quantitative estimate of drug-likeness (QED) is 0.204. The number of benzene rings is 2. The van der Waals surface area contributed by atoms with E-state index in [0.29, 0.717) is 5.11 Å². The molecule has 1 aliphatic heterocycles. The van der Waals surface area contributed by atoms with Crippen molar-refractivity contribution in [3.8, 4) is 11.3 Å². The van der Waals surface area contributed by atoms with E-state index in [4.69, 9.17) is 28.2 Å². The molecule has 2 atom stereocenters. The van der Waals surface area contributed by atoms with Gasteiger partial charge >= 0.3 is 0 Å². The van der Waals surface area contributed by atoms with Crippen molar-refractivity contribution in [1.29, 1.82) is 0 Å². The van der Waals surface area contributed by atoms with Crippen LogP contribution in [-0.4, -0.2) is 28.1 Å². The fraction of sp³-hybridized carbons (Fsp3) is 0.214. The lowest BCUT2D eigenvalue weighted by molar-refractivity contribution is 0.274. The standard InChI is InChI=1S/C28H27ClN4OS/c1-19-11-12-20(18-22(19)29)24-13-14-25(34-24)27-26(23-10-5-6-15-31-23)32-28(35)33(27)17-7-16-30-21-8-3-2-4-9-21/h2-6,8-15,18,26-27,30H,7,16-17H2,1H3,(H,32,35)/t26-,27+/m1/s1. The molecule has 7 heteroatoms. The Labute approximate surface area is 216 Å². The second kappa shape index (κ2) is 10.5. The Bertz CT molecular complexity index is 1290. The minimum atomic E-state index is -0.108. The smallest absolute Gasteiger partial charge is 0.170 e. The number of pyridine rings is 1. The molecule has 0 aliphatic carbocycles. The number of halogens is 1. The summed E-state index contributed by atoms with van der Waals surface area (Å²) >= 11 is 12.1. The molecule has 0 spiro atoms. The minimum absolute atomic E-state index is 0.105. The summed E-state index contributed by atoms with van der Waals surface area (Å²) < 4.78 is 6.41. The summed E-state index contributed by atoms with van der Waals surface area (Å²) in [6, 6.07) is 26.0. The number of hydrogen-bond donors (Lipinski definition) is 2. The molecule has 0 amide bonds. The average molecular weight is 503 g/mol. The van der Waals surface area contributed by atoms with Crippen LogP contribution in [0.1, 0.15) is 35.5 Å². The molecule has 0 unspecified atom stereocenters. The lowest BCUT2D eigenvalue weighted by atomic mass is 10.0. The third-order valence-corrected chi connectivity index (χ3v) is 7.01. The summed E-state index contributed by atoms with van der Waals surface area (Å²) in [5.74, 6) is 1.63. The predicted octanol–water partition coefficient (Wildman–Crippen LogP) is 6.78. The Kier molecular flexibility index (Phi) is 7.02. The number of furan rings is 1. The maximum atomic E-state index is 6.41.